The van der Waals surface area contributed by atoms with Crippen molar-refractivity contribution in [1.29, 1.82) is 0 Å². The Bertz CT molecular complexity index is 997. The second kappa shape index (κ2) is 6.03. The SMILES string of the molecule is Cc1c(Cl)ccc2c1N(C)C(=O)C2(c1ccc(O)cc1)c1ccc(O)cc1. The van der Waals surface area contributed by atoms with E-state index in [1.54, 1.807) is 66.5 Å². The lowest BCUT2D eigenvalue weighted by molar-refractivity contribution is -0.120. The Labute approximate surface area is 162 Å². The zero-order chi connectivity index (χ0) is 19.3. The monoisotopic (exact) mass is 379 g/mol. The van der Waals surface area contributed by atoms with Crippen LogP contribution in [0.2, 0.25) is 5.02 Å². The summed E-state index contributed by atoms with van der Waals surface area (Å²) in [5.74, 6) is 0.149. The number of halogens is 1. The van der Waals surface area contributed by atoms with Crippen LogP contribution in [-0.2, 0) is 10.2 Å². The lowest BCUT2D eigenvalue weighted by atomic mass is 9.70. The Morgan fingerprint density at radius 2 is 1.33 bits per heavy atom. The molecule has 27 heavy (non-hydrogen) atoms. The topological polar surface area (TPSA) is 60.8 Å². The van der Waals surface area contributed by atoms with Gasteiger partial charge in [-0.25, -0.2) is 0 Å². The highest BCUT2D eigenvalue weighted by atomic mass is 35.5. The van der Waals surface area contributed by atoms with Gasteiger partial charge in [-0.1, -0.05) is 41.9 Å². The first-order valence-electron chi connectivity index (χ1n) is 8.54. The number of carbonyl (C=O) groups excluding carboxylic acids is 1. The van der Waals surface area contributed by atoms with Crippen LogP contribution in [0.3, 0.4) is 0 Å². The highest BCUT2D eigenvalue weighted by Crippen LogP contribution is 2.52. The summed E-state index contributed by atoms with van der Waals surface area (Å²) < 4.78 is 0. The van der Waals surface area contributed by atoms with Crippen LogP contribution in [0.1, 0.15) is 22.3 Å². The van der Waals surface area contributed by atoms with E-state index in [1.165, 1.54) is 0 Å². The van der Waals surface area contributed by atoms with Crippen molar-refractivity contribution in [2.45, 2.75) is 12.3 Å². The van der Waals surface area contributed by atoms with Crippen molar-refractivity contribution in [3.63, 3.8) is 0 Å². The minimum absolute atomic E-state index is 0.112. The quantitative estimate of drug-likeness (QED) is 0.695. The van der Waals surface area contributed by atoms with Gasteiger partial charge in [-0.3, -0.25) is 4.79 Å². The Balaban J connectivity index is 2.12. The summed E-state index contributed by atoms with van der Waals surface area (Å²) in [5, 5.41) is 20.1. The lowest BCUT2D eigenvalue weighted by Gasteiger charge is -2.30. The van der Waals surface area contributed by atoms with Crippen molar-refractivity contribution in [2.75, 3.05) is 11.9 Å². The number of carbonyl (C=O) groups is 1. The molecule has 136 valence electrons. The molecule has 1 heterocycles. The normalized spacial score (nSPS) is 15.1. The summed E-state index contributed by atoms with van der Waals surface area (Å²) in [6.07, 6.45) is 0. The minimum Gasteiger partial charge on any atom is -0.508 e. The van der Waals surface area contributed by atoms with Gasteiger partial charge in [-0.2, -0.15) is 0 Å². The van der Waals surface area contributed by atoms with Gasteiger partial charge in [0.2, 0.25) is 5.91 Å². The molecular weight excluding hydrogens is 362 g/mol. The number of hydrogen-bond acceptors (Lipinski definition) is 3. The third kappa shape index (κ3) is 2.33. The summed E-state index contributed by atoms with van der Waals surface area (Å²) in [5.41, 5.74) is 2.85. The van der Waals surface area contributed by atoms with Crippen LogP contribution in [0, 0.1) is 6.92 Å². The van der Waals surface area contributed by atoms with Gasteiger partial charge in [-0.05, 0) is 53.9 Å². The number of hydrogen-bond donors (Lipinski definition) is 2. The number of phenols is 2. The maximum atomic E-state index is 13.7. The van der Waals surface area contributed by atoms with E-state index in [-0.39, 0.29) is 17.4 Å². The largest absolute Gasteiger partial charge is 0.508 e. The molecule has 2 N–H and O–H groups in total. The van der Waals surface area contributed by atoms with Gasteiger partial charge in [0.05, 0.1) is 5.69 Å². The van der Waals surface area contributed by atoms with Crippen molar-refractivity contribution in [2.24, 2.45) is 0 Å². The van der Waals surface area contributed by atoms with Gasteiger partial charge in [0.25, 0.3) is 0 Å². The van der Waals surface area contributed by atoms with Crippen LogP contribution < -0.4 is 4.90 Å². The van der Waals surface area contributed by atoms with Crippen LogP contribution >= 0.6 is 11.6 Å². The summed E-state index contributed by atoms with van der Waals surface area (Å²) in [7, 11) is 1.74. The first kappa shape index (κ1) is 17.4. The molecule has 4 rings (SSSR count). The van der Waals surface area contributed by atoms with E-state index in [2.05, 4.69) is 0 Å². The van der Waals surface area contributed by atoms with E-state index < -0.39 is 5.41 Å². The molecule has 0 atom stereocenters. The molecular formula is C22H18ClNO3. The molecule has 0 saturated heterocycles. The third-order valence-corrected chi connectivity index (χ3v) is 5.74. The van der Waals surface area contributed by atoms with Gasteiger partial charge in [0, 0.05) is 17.6 Å². The fourth-order valence-corrected chi connectivity index (χ4v) is 4.18. The first-order chi connectivity index (χ1) is 12.9. The number of amides is 1. The molecule has 0 aromatic heterocycles. The van der Waals surface area contributed by atoms with Crippen LogP contribution in [0.15, 0.2) is 60.7 Å². The Morgan fingerprint density at radius 1 is 0.852 bits per heavy atom. The highest BCUT2D eigenvalue weighted by molar-refractivity contribution is 6.32. The molecule has 5 heteroatoms. The molecule has 3 aromatic rings. The zero-order valence-electron chi connectivity index (χ0n) is 14.9. The highest BCUT2D eigenvalue weighted by Gasteiger charge is 2.53. The standard InChI is InChI=1S/C22H18ClNO3/c1-13-19(23)12-11-18-20(13)24(2)21(27)22(18,14-3-7-16(25)8-4-14)15-5-9-17(26)10-6-15/h3-12,25-26H,1-2H3. The average molecular weight is 380 g/mol. The second-order valence-electron chi connectivity index (χ2n) is 6.78. The molecule has 0 spiro atoms. The zero-order valence-corrected chi connectivity index (χ0v) is 15.7. The van der Waals surface area contributed by atoms with Crippen LogP contribution in [0.25, 0.3) is 0 Å². The molecule has 0 bridgehead atoms. The molecule has 0 unspecified atom stereocenters. The average Bonchev–Trinajstić information content (AvgIpc) is 2.89. The number of rotatable bonds is 2. The van der Waals surface area contributed by atoms with E-state index in [9.17, 15) is 15.0 Å². The predicted molar refractivity (Wildman–Crippen MR) is 106 cm³/mol. The molecule has 0 saturated carbocycles. The summed E-state index contributed by atoms with van der Waals surface area (Å²) >= 11 is 6.33. The van der Waals surface area contributed by atoms with Crippen molar-refractivity contribution in [3.8, 4) is 11.5 Å². The molecule has 0 fully saturated rings. The number of benzene rings is 3. The summed E-state index contributed by atoms with van der Waals surface area (Å²) in [6.45, 7) is 1.90. The Morgan fingerprint density at radius 3 is 1.81 bits per heavy atom. The minimum atomic E-state index is -1.08. The maximum Gasteiger partial charge on any atom is 0.246 e. The number of fused-ring (bicyclic) bond motifs is 1. The van der Waals surface area contributed by atoms with Gasteiger partial charge in [-0.15, -0.1) is 0 Å². The third-order valence-electron chi connectivity index (χ3n) is 5.33. The van der Waals surface area contributed by atoms with Gasteiger partial charge in [0.15, 0.2) is 0 Å². The van der Waals surface area contributed by atoms with Gasteiger partial charge < -0.3 is 15.1 Å². The van der Waals surface area contributed by atoms with E-state index in [1.807, 2.05) is 13.0 Å². The maximum absolute atomic E-state index is 13.7. The first-order valence-corrected chi connectivity index (χ1v) is 8.92. The van der Waals surface area contributed by atoms with Crippen LogP contribution in [0.5, 0.6) is 11.5 Å². The Hall–Kier alpha value is -2.98. The molecule has 4 nitrogen and oxygen atoms in total. The van der Waals surface area contributed by atoms with Crippen LogP contribution in [0.4, 0.5) is 5.69 Å². The fraction of sp³-hybridized carbons (Fsp3) is 0.136. The van der Waals surface area contributed by atoms with Gasteiger partial charge in [0.1, 0.15) is 16.9 Å². The van der Waals surface area contributed by atoms with Crippen LogP contribution in [-0.4, -0.2) is 23.2 Å². The van der Waals surface area contributed by atoms with E-state index in [0.717, 1.165) is 27.9 Å². The van der Waals surface area contributed by atoms with Gasteiger partial charge >= 0.3 is 0 Å². The lowest BCUT2D eigenvalue weighted by Crippen LogP contribution is -2.40. The molecule has 0 radical (unpaired) electrons. The smallest absolute Gasteiger partial charge is 0.246 e. The number of likely N-dealkylation sites (N-methyl/N-ethyl adjacent to an activating group) is 1. The van der Waals surface area contributed by atoms with Crippen molar-refractivity contribution < 1.29 is 15.0 Å². The molecule has 0 aliphatic carbocycles. The van der Waals surface area contributed by atoms with Crippen molar-refractivity contribution in [3.05, 3.63) is 87.9 Å². The number of phenolic OH excluding ortho intramolecular Hbond substituents is 2. The van der Waals surface area contributed by atoms with E-state index >= 15 is 0 Å². The fourth-order valence-electron chi connectivity index (χ4n) is 4.03. The predicted octanol–water partition coefficient (Wildman–Crippen LogP) is 4.37. The van der Waals surface area contributed by atoms with Crippen molar-refractivity contribution >= 4 is 23.2 Å². The second-order valence-corrected chi connectivity index (χ2v) is 7.18. The number of anilines is 1. The molecule has 1 aliphatic heterocycles. The molecule has 3 aromatic carbocycles. The Kier molecular flexibility index (Phi) is 3.89. The number of aromatic hydroxyl groups is 2. The number of nitrogens with zero attached hydrogens (tertiary/aromatic N) is 1. The molecule has 1 amide bonds. The summed E-state index contributed by atoms with van der Waals surface area (Å²) in [4.78, 5) is 15.3. The van der Waals surface area contributed by atoms with E-state index in [4.69, 9.17) is 11.6 Å². The molecule has 1 aliphatic rings. The van der Waals surface area contributed by atoms with E-state index in [0.29, 0.717) is 5.02 Å². The van der Waals surface area contributed by atoms with Crippen molar-refractivity contribution in [1.82, 2.24) is 0 Å². The summed E-state index contributed by atoms with van der Waals surface area (Å²) in [6, 6.07) is 17.0.